The van der Waals surface area contributed by atoms with E-state index in [1.54, 1.807) is 17.0 Å². The molecule has 1 aromatic heterocycles. The van der Waals surface area contributed by atoms with Crippen LogP contribution in [0.3, 0.4) is 0 Å². The molecule has 0 unspecified atom stereocenters. The Balaban J connectivity index is 1.86. The van der Waals surface area contributed by atoms with E-state index in [1.165, 1.54) is 6.26 Å². The molecule has 0 N–H and O–H groups in total. The van der Waals surface area contributed by atoms with Crippen LogP contribution in [0, 0.1) is 5.92 Å². The Morgan fingerprint density at radius 3 is 2.41 bits per heavy atom. The van der Waals surface area contributed by atoms with Gasteiger partial charge in [-0.15, -0.1) is 0 Å². The van der Waals surface area contributed by atoms with Crippen LogP contribution < -0.4 is 0 Å². The lowest BCUT2D eigenvalue weighted by molar-refractivity contribution is -0.137. The molecule has 2 amide bonds. The number of nitrogens with zero attached hydrogens (tertiary/aromatic N) is 2. The highest BCUT2D eigenvalue weighted by molar-refractivity contribution is 5.91. The smallest absolute Gasteiger partial charge is 0.289 e. The summed E-state index contributed by atoms with van der Waals surface area (Å²) in [4.78, 5) is 28.4. The molecular formula is C17H26N2O3. The van der Waals surface area contributed by atoms with Gasteiger partial charge in [-0.1, -0.05) is 26.7 Å². The van der Waals surface area contributed by atoms with Crippen LogP contribution in [0.15, 0.2) is 22.8 Å². The normalized spacial score (nSPS) is 16.6. The lowest BCUT2D eigenvalue weighted by Crippen LogP contribution is -2.51. The second-order valence-corrected chi connectivity index (χ2v) is 5.84. The average molecular weight is 306 g/mol. The number of rotatable bonds is 6. The molecule has 0 saturated carbocycles. The maximum absolute atomic E-state index is 12.5. The number of carbonyl (C=O) groups excluding carboxylic acids is 2. The fourth-order valence-electron chi connectivity index (χ4n) is 2.90. The summed E-state index contributed by atoms with van der Waals surface area (Å²) in [5, 5.41) is 0. The fourth-order valence-corrected chi connectivity index (χ4v) is 2.90. The van der Waals surface area contributed by atoms with Crippen molar-refractivity contribution in [1.29, 1.82) is 0 Å². The summed E-state index contributed by atoms with van der Waals surface area (Å²) in [6.45, 7) is 6.62. The van der Waals surface area contributed by atoms with Gasteiger partial charge in [0.25, 0.3) is 5.91 Å². The van der Waals surface area contributed by atoms with Gasteiger partial charge in [0.05, 0.1) is 6.26 Å². The summed E-state index contributed by atoms with van der Waals surface area (Å²) in [5.74, 6) is 0.664. The monoisotopic (exact) mass is 306 g/mol. The first kappa shape index (κ1) is 16.6. The van der Waals surface area contributed by atoms with Crippen molar-refractivity contribution >= 4 is 11.8 Å². The highest BCUT2D eigenvalue weighted by Gasteiger charge is 2.28. The maximum atomic E-state index is 12.5. The van der Waals surface area contributed by atoms with Crippen LogP contribution in [0.4, 0.5) is 0 Å². The Hall–Kier alpha value is -1.78. The predicted octanol–water partition coefficient (Wildman–Crippen LogP) is 2.78. The van der Waals surface area contributed by atoms with Crippen molar-refractivity contribution in [3.63, 3.8) is 0 Å². The molecule has 1 aromatic rings. The molecule has 0 radical (unpaired) electrons. The summed E-state index contributed by atoms with van der Waals surface area (Å²) in [6, 6.07) is 3.39. The number of furan rings is 1. The number of unbranched alkanes of at least 4 members (excludes halogenated alkanes) is 1. The Morgan fingerprint density at radius 2 is 1.86 bits per heavy atom. The van der Waals surface area contributed by atoms with E-state index in [2.05, 4.69) is 13.8 Å². The topological polar surface area (TPSA) is 53.8 Å². The van der Waals surface area contributed by atoms with Crippen LogP contribution in [0.5, 0.6) is 0 Å². The molecule has 0 aromatic carbocycles. The maximum Gasteiger partial charge on any atom is 0.289 e. The zero-order valence-corrected chi connectivity index (χ0v) is 13.6. The van der Waals surface area contributed by atoms with Crippen LogP contribution in [-0.4, -0.2) is 47.8 Å². The Morgan fingerprint density at radius 1 is 1.18 bits per heavy atom. The third kappa shape index (κ3) is 3.90. The van der Waals surface area contributed by atoms with Crippen LogP contribution in [0.2, 0.25) is 0 Å². The van der Waals surface area contributed by atoms with Gasteiger partial charge in [0.2, 0.25) is 5.91 Å². The lowest BCUT2D eigenvalue weighted by atomic mass is 9.97. The van der Waals surface area contributed by atoms with Gasteiger partial charge >= 0.3 is 0 Å². The molecular weight excluding hydrogens is 280 g/mol. The highest BCUT2D eigenvalue weighted by atomic mass is 16.3. The number of amides is 2. The van der Waals surface area contributed by atoms with Gasteiger partial charge in [-0.3, -0.25) is 9.59 Å². The van der Waals surface area contributed by atoms with Crippen LogP contribution in [-0.2, 0) is 4.79 Å². The van der Waals surface area contributed by atoms with Crippen LogP contribution in [0.25, 0.3) is 0 Å². The van der Waals surface area contributed by atoms with Crippen molar-refractivity contribution in [2.75, 3.05) is 26.2 Å². The molecule has 5 heteroatoms. The summed E-state index contributed by atoms with van der Waals surface area (Å²) in [7, 11) is 0. The minimum Gasteiger partial charge on any atom is -0.459 e. The molecule has 2 rings (SSSR count). The standard InChI is InChI=1S/C17H26N2O3/c1-3-5-7-14(4-2)16(20)18-9-11-19(12-10-18)17(21)15-8-6-13-22-15/h6,8,13-14H,3-5,7,9-12H2,1-2H3/t14-/m1/s1. The summed E-state index contributed by atoms with van der Waals surface area (Å²) >= 11 is 0. The molecule has 1 fully saturated rings. The third-order valence-electron chi connectivity index (χ3n) is 4.36. The van der Waals surface area contributed by atoms with Gasteiger partial charge in [0.1, 0.15) is 0 Å². The Labute approximate surface area is 132 Å². The van der Waals surface area contributed by atoms with Crippen molar-refractivity contribution in [3.8, 4) is 0 Å². The van der Waals surface area contributed by atoms with Crippen LogP contribution >= 0.6 is 0 Å². The van der Waals surface area contributed by atoms with Crippen molar-refractivity contribution in [2.45, 2.75) is 39.5 Å². The summed E-state index contributed by atoms with van der Waals surface area (Å²) < 4.78 is 5.15. The quantitative estimate of drug-likeness (QED) is 0.812. The summed E-state index contributed by atoms with van der Waals surface area (Å²) in [6.07, 6.45) is 5.59. The van der Waals surface area contributed by atoms with Crippen LogP contribution in [0.1, 0.15) is 50.1 Å². The van der Waals surface area contributed by atoms with Gasteiger partial charge in [-0.05, 0) is 25.0 Å². The molecule has 22 heavy (non-hydrogen) atoms. The molecule has 0 spiro atoms. The zero-order valence-electron chi connectivity index (χ0n) is 13.6. The minimum atomic E-state index is -0.0878. The average Bonchev–Trinajstić information content (AvgIpc) is 3.09. The Kier molecular flexibility index (Phi) is 6.04. The predicted molar refractivity (Wildman–Crippen MR) is 84.5 cm³/mol. The lowest BCUT2D eigenvalue weighted by Gasteiger charge is -2.36. The first-order valence-electron chi connectivity index (χ1n) is 8.28. The first-order chi connectivity index (χ1) is 10.7. The van der Waals surface area contributed by atoms with E-state index in [4.69, 9.17) is 4.42 Å². The SMILES string of the molecule is CCCC[C@@H](CC)C(=O)N1CCN(C(=O)c2ccco2)CC1. The number of hydrogen-bond donors (Lipinski definition) is 0. The third-order valence-corrected chi connectivity index (χ3v) is 4.36. The zero-order chi connectivity index (χ0) is 15.9. The van der Waals surface area contributed by atoms with Crippen molar-refractivity contribution in [3.05, 3.63) is 24.2 Å². The molecule has 5 nitrogen and oxygen atoms in total. The van der Waals surface area contributed by atoms with Crippen molar-refractivity contribution in [1.82, 2.24) is 9.80 Å². The van der Waals surface area contributed by atoms with E-state index in [-0.39, 0.29) is 17.7 Å². The van der Waals surface area contributed by atoms with Gasteiger partial charge in [-0.2, -0.15) is 0 Å². The molecule has 0 aliphatic carbocycles. The van der Waals surface area contributed by atoms with Crippen molar-refractivity contribution in [2.24, 2.45) is 5.92 Å². The fraction of sp³-hybridized carbons (Fsp3) is 0.647. The first-order valence-corrected chi connectivity index (χ1v) is 8.28. The van der Waals surface area contributed by atoms with Gasteiger partial charge < -0.3 is 14.2 Å². The second kappa shape index (κ2) is 8.01. The van der Waals surface area contributed by atoms with Gasteiger partial charge in [0, 0.05) is 32.1 Å². The summed E-state index contributed by atoms with van der Waals surface area (Å²) in [5.41, 5.74) is 0. The Bertz CT molecular complexity index is 476. The molecule has 1 aliphatic rings. The largest absolute Gasteiger partial charge is 0.459 e. The van der Waals surface area contributed by atoms with Crippen molar-refractivity contribution < 1.29 is 14.0 Å². The number of hydrogen-bond acceptors (Lipinski definition) is 3. The van der Waals surface area contributed by atoms with E-state index >= 15 is 0 Å². The van der Waals surface area contributed by atoms with Gasteiger partial charge in [0.15, 0.2) is 5.76 Å². The second-order valence-electron chi connectivity index (χ2n) is 5.84. The van der Waals surface area contributed by atoms with Gasteiger partial charge in [-0.25, -0.2) is 0 Å². The molecule has 1 saturated heterocycles. The molecule has 1 aliphatic heterocycles. The van der Waals surface area contributed by atoms with E-state index in [0.29, 0.717) is 31.9 Å². The number of carbonyl (C=O) groups is 2. The van der Waals surface area contributed by atoms with E-state index in [1.807, 2.05) is 4.90 Å². The van der Waals surface area contributed by atoms with E-state index in [0.717, 1.165) is 25.7 Å². The molecule has 1 atom stereocenters. The molecule has 122 valence electrons. The number of piperazine rings is 1. The van der Waals surface area contributed by atoms with E-state index < -0.39 is 0 Å². The minimum absolute atomic E-state index is 0.0878. The molecule has 0 bridgehead atoms. The molecule has 2 heterocycles. The highest BCUT2D eigenvalue weighted by Crippen LogP contribution is 2.18. The van der Waals surface area contributed by atoms with E-state index in [9.17, 15) is 9.59 Å².